The molecule has 0 unspecified atom stereocenters. The van der Waals surface area contributed by atoms with Crippen LogP contribution in [-0.2, 0) is 0 Å². The van der Waals surface area contributed by atoms with Crippen molar-refractivity contribution in [1.82, 2.24) is 5.32 Å². The highest BCUT2D eigenvalue weighted by atomic mass is 16.1. The van der Waals surface area contributed by atoms with Gasteiger partial charge in [-0.25, -0.2) is 0 Å². The van der Waals surface area contributed by atoms with Crippen LogP contribution in [0.5, 0.6) is 0 Å². The fourth-order valence-corrected chi connectivity index (χ4v) is 1.53. The molecule has 0 aromatic heterocycles. The van der Waals surface area contributed by atoms with Crippen LogP contribution in [0.3, 0.4) is 0 Å². The molecule has 1 saturated carbocycles. The summed E-state index contributed by atoms with van der Waals surface area (Å²) in [5.41, 5.74) is 2.64. The van der Waals surface area contributed by atoms with E-state index < -0.39 is 0 Å². The third-order valence-corrected chi connectivity index (χ3v) is 2.65. The molecule has 0 radical (unpaired) electrons. The average Bonchev–Trinajstić information content (AvgIpc) is 3.05. The predicted molar refractivity (Wildman–Crippen MR) is 65.5 cm³/mol. The van der Waals surface area contributed by atoms with Gasteiger partial charge < -0.3 is 5.32 Å². The van der Waals surface area contributed by atoms with Gasteiger partial charge in [-0.2, -0.15) is 0 Å². The Balaban J connectivity index is 2.19. The molecule has 1 amide bonds. The SMILES string of the molecule is CC=Nc1cc(C(=O)NC2CC2)ccc1C. The highest BCUT2D eigenvalue weighted by Gasteiger charge is 2.23. The molecule has 1 fully saturated rings. The first-order valence-electron chi connectivity index (χ1n) is 5.61. The van der Waals surface area contributed by atoms with Gasteiger partial charge >= 0.3 is 0 Å². The Kier molecular flexibility index (Phi) is 3.04. The molecular weight excluding hydrogens is 200 g/mol. The first-order chi connectivity index (χ1) is 7.70. The van der Waals surface area contributed by atoms with E-state index in [9.17, 15) is 4.79 Å². The second-order valence-corrected chi connectivity index (χ2v) is 4.14. The highest BCUT2D eigenvalue weighted by Crippen LogP contribution is 2.22. The van der Waals surface area contributed by atoms with E-state index in [-0.39, 0.29) is 5.91 Å². The van der Waals surface area contributed by atoms with Gasteiger partial charge in [0.05, 0.1) is 5.69 Å². The number of rotatable bonds is 3. The van der Waals surface area contributed by atoms with E-state index in [4.69, 9.17) is 0 Å². The zero-order valence-corrected chi connectivity index (χ0v) is 9.66. The standard InChI is InChI=1S/C13H16N2O/c1-3-14-12-8-10(5-4-9(12)2)13(16)15-11-6-7-11/h3-5,8,11H,6-7H2,1-2H3,(H,15,16). The number of aliphatic imine (C=N–C) groups is 1. The molecule has 0 bridgehead atoms. The second kappa shape index (κ2) is 4.47. The summed E-state index contributed by atoms with van der Waals surface area (Å²) >= 11 is 0. The molecule has 3 heteroatoms. The highest BCUT2D eigenvalue weighted by molar-refractivity contribution is 5.95. The van der Waals surface area contributed by atoms with Crippen LogP contribution in [0.1, 0.15) is 35.7 Å². The normalized spacial score (nSPS) is 15.4. The lowest BCUT2D eigenvalue weighted by Crippen LogP contribution is -2.25. The van der Waals surface area contributed by atoms with Crippen molar-refractivity contribution in [2.75, 3.05) is 0 Å². The average molecular weight is 216 g/mol. The Labute approximate surface area is 95.6 Å². The van der Waals surface area contributed by atoms with Crippen LogP contribution in [0.25, 0.3) is 0 Å². The molecular formula is C13H16N2O. The Morgan fingerprint density at radius 1 is 1.50 bits per heavy atom. The van der Waals surface area contributed by atoms with E-state index in [1.807, 2.05) is 32.0 Å². The van der Waals surface area contributed by atoms with E-state index in [0.29, 0.717) is 11.6 Å². The molecule has 0 atom stereocenters. The summed E-state index contributed by atoms with van der Waals surface area (Å²) in [5.74, 6) is 0.00931. The molecule has 0 saturated heterocycles. The van der Waals surface area contributed by atoms with E-state index >= 15 is 0 Å². The summed E-state index contributed by atoms with van der Waals surface area (Å²) in [6, 6.07) is 6.02. The Morgan fingerprint density at radius 2 is 2.25 bits per heavy atom. The van der Waals surface area contributed by atoms with E-state index in [1.165, 1.54) is 0 Å². The predicted octanol–water partition coefficient (Wildman–Crippen LogP) is 2.61. The van der Waals surface area contributed by atoms with E-state index in [1.54, 1.807) is 6.21 Å². The number of amides is 1. The smallest absolute Gasteiger partial charge is 0.251 e. The zero-order valence-electron chi connectivity index (χ0n) is 9.66. The Hall–Kier alpha value is -1.64. The number of aryl methyl sites for hydroxylation is 1. The molecule has 1 aromatic carbocycles. The minimum Gasteiger partial charge on any atom is -0.349 e. The van der Waals surface area contributed by atoms with Gasteiger partial charge in [0.1, 0.15) is 0 Å². The van der Waals surface area contributed by atoms with E-state index in [0.717, 1.165) is 24.1 Å². The topological polar surface area (TPSA) is 41.5 Å². The summed E-state index contributed by atoms with van der Waals surface area (Å²) in [4.78, 5) is 16.0. The molecule has 2 rings (SSSR count). The van der Waals surface area contributed by atoms with Crippen LogP contribution in [-0.4, -0.2) is 18.2 Å². The van der Waals surface area contributed by atoms with Crippen molar-refractivity contribution in [3.63, 3.8) is 0 Å². The third-order valence-electron chi connectivity index (χ3n) is 2.65. The summed E-state index contributed by atoms with van der Waals surface area (Å²) in [6.07, 6.45) is 3.96. The summed E-state index contributed by atoms with van der Waals surface area (Å²) in [7, 11) is 0. The molecule has 0 spiro atoms. The third kappa shape index (κ3) is 2.48. The lowest BCUT2D eigenvalue weighted by atomic mass is 10.1. The minimum atomic E-state index is 0.00931. The maximum absolute atomic E-state index is 11.8. The molecule has 3 nitrogen and oxygen atoms in total. The molecule has 0 heterocycles. The van der Waals surface area contributed by atoms with Gasteiger partial charge in [0.2, 0.25) is 0 Å². The zero-order chi connectivity index (χ0) is 11.5. The van der Waals surface area contributed by atoms with Gasteiger partial charge in [-0.1, -0.05) is 6.07 Å². The van der Waals surface area contributed by atoms with Gasteiger partial charge in [-0.15, -0.1) is 0 Å². The molecule has 1 N–H and O–H groups in total. The fourth-order valence-electron chi connectivity index (χ4n) is 1.53. The van der Waals surface area contributed by atoms with Crippen molar-refractivity contribution < 1.29 is 4.79 Å². The number of hydrogen-bond donors (Lipinski definition) is 1. The molecule has 1 aromatic rings. The molecule has 1 aliphatic carbocycles. The summed E-state index contributed by atoms with van der Waals surface area (Å²) in [6.45, 7) is 3.86. The Bertz CT molecular complexity index is 434. The first-order valence-corrected chi connectivity index (χ1v) is 5.61. The number of hydrogen-bond acceptors (Lipinski definition) is 2. The van der Waals surface area contributed by atoms with Crippen LogP contribution in [0.2, 0.25) is 0 Å². The van der Waals surface area contributed by atoms with Crippen molar-refractivity contribution in [1.29, 1.82) is 0 Å². The molecule has 16 heavy (non-hydrogen) atoms. The summed E-state index contributed by atoms with van der Waals surface area (Å²) < 4.78 is 0. The van der Waals surface area contributed by atoms with Crippen molar-refractivity contribution in [3.8, 4) is 0 Å². The minimum absolute atomic E-state index is 0.00931. The largest absolute Gasteiger partial charge is 0.349 e. The van der Waals surface area contributed by atoms with Crippen molar-refractivity contribution in [2.24, 2.45) is 4.99 Å². The van der Waals surface area contributed by atoms with E-state index in [2.05, 4.69) is 10.3 Å². The van der Waals surface area contributed by atoms with Gasteiger partial charge in [0.15, 0.2) is 0 Å². The molecule has 1 aliphatic rings. The van der Waals surface area contributed by atoms with Crippen LogP contribution >= 0.6 is 0 Å². The van der Waals surface area contributed by atoms with Crippen LogP contribution in [0.15, 0.2) is 23.2 Å². The number of nitrogens with zero attached hydrogens (tertiary/aromatic N) is 1. The van der Waals surface area contributed by atoms with Crippen LogP contribution < -0.4 is 5.32 Å². The quantitative estimate of drug-likeness (QED) is 0.775. The van der Waals surface area contributed by atoms with Crippen molar-refractivity contribution in [2.45, 2.75) is 32.7 Å². The van der Waals surface area contributed by atoms with Crippen LogP contribution in [0.4, 0.5) is 5.69 Å². The second-order valence-electron chi connectivity index (χ2n) is 4.14. The number of benzene rings is 1. The monoisotopic (exact) mass is 216 g/mol. The number of carbonyl (C=O) groups excluding carboxylic acids is 1. The van der Waals surface area contributed by atoms with Crippen molar-refractivity contribution >= 4 is 17.8 Å². The van der Waals surface area contributed by atoms with Gasteiger partial charge in [0, 0.05) is 17.8 Å². The number of nitrogens with one attached hydrogen (secondary N) is 1. The number of carbonyl (C=O) groups is 1. The molecule has 0 aliphatic heterocycles. The maximum atomic E-state index is 11.8. The van der Waals surface area contributed by atoms with Crippen molar-refractivity contribution in [3.05, 3.63) is 29.3 Å². The Morgan fingerprint density at radius 3 is 2.88 bits per heavy atom. The first kappa shape index (κ1) is 10.9. The van der Waals surface area contributed by atoms with Gasteiger partial charge in [0.25, 0.3) is 5.91 Å². The molecule has 84 valence electrons. The lowest BCUT2D eigenvalue weighted by Gasteiger charge is -2.05. The maximum Gasteiger partial charge on any atom is 0.251 e. The van der Waals surface area contributed by atoms with Gasteiger partial charge in [-0.3, -0.25) is 9.79 Å². The summed E-state index contributed by atoms with van der Waals surface area (Å²) in [5, 5.41) is 2.97. The van der Waals surface area contributed by atoms with Gasteiger partial charge in [-0.05, 0) is 44.4 Å². The lowest BCUT2D eigenvalue weighted by molar-refractivity contribution is 0.0951. The fraction of sp³-hybridized carbons (Fsp3) is 0.385. The van der Waals surface area contributed by atoms with Crippen LogP contribution in [0, 0.1) is 6.92 Å².